The number of hydrogen-bond donors (Lipinski definition) is 2. The van der Waals surface area contributed by atoms with E-state index in [9.17, 15) is 4.79 Å². The molecule has 3 aromatic rings. The summed E-state index contributed by atoms with van der Waals surface area (Å²) in [5.41, 5.74) is 9.53. The van der Waals surface area contributed by atoms with Crippen molar-refractivity contribution < 1.29 is 4.79 Å². The topological polar surface area (TPSA) is 44.4 Å². The first-order valence-corrected chi connectivity index (χ1v) is 11.3. The molecule has 2 atom stereocenters. The van der Waals surface area contributed by atoms with Gasteiger partial charge >= 0.3 is 0 Å². The molecule has 31 heavy (non-hydrogen) atoms. The molecule has 0 radical (unpaired) electrons. The van der Waals surface area contributed by atoms with Gasteiger partial charge in [-0.2, -0.15) is 0 Å². The van der Waals surface area contributed by atoms with Crippen LogP contribution >= 0.6 is 0 Å². The molecule has 2 unspecified atom stereocenters. The second kappa shape index (κ2) is 9.04. The highest BCUT2D eigenvalue weighted by Crippen LogP contribution is 2.33. The number of piperidine rings is 1. The van der Waals surface area contributed by atoms with Gasteiger partial charge in [-0.3, -0.25) is 10.2 Å². The molecule has 5 rings (SSSR count). The fourth-order valence-corrected chi connectivity index (χ4v) is 5.01. The molecule has 2 saturated heterocycles. The normalized spacial score (nSPS) is 22.4. The monoisotopic (exact) mass is 411 g/mol. The summed E-state index contributed by atoms with van der Waals surface area (Å²) in [4.78, 5) is 14.6. The minimum absolute atomic E-state index is 0.119. The first-order valence-electron chi connectivity index (χ1n) is 11.3. The van der Waals surface area contributed by atoms with Gasteiger partial charge in [0.05, 0.1) is 0 Å². The zero-order valence-corrected chi connectivity index (χ0v) is 17.7. The number of likely N-dealkylation sites (tertiary alicyclic amines) is 1. The minimum Gasteiger partial charge on any atom is -0.339 e. The molecule has 2 fully saturated rings. The van der Waals surface area contributed by atoms with Crippen LogP contribution in [-0.2, 0) is 4.79 Å². The largest absolute Gasteiger partial charge is 0.339 e. The summed E-state index contributed by atoms with van der Waals surface area (Å²) < 4.78 is 0. The third kappa shape index (κ3) is 4.41. The summed E-state index contributed by atoms with van der Waals surface area (Å²) in [7, 11) is 0. The van der Waals surface area contributed by atoms with Crippen LogP contribution in [0.25, 0.3) is 16.8 Å². The lowest BCUT2D eigenvalue weighted by atomic mass is 9.85. The fourth-order valence-electron chi connectivity index (χ4n) is 5.01. The first kappa shape index (κ1) is 20.0. The number of fused-ring (bicyclic) bond motifs is 1. The van der Waals surface area contributed by atoms with E-state index in [1.54, 1.807) is 6.08 Å². The van der Waals surface area contributed by atoms with Gasteiger partial charge in [-0.25, -0.2) is 5.43 Å². The molecular weight excluding hydrogens is 382 g/mol. The van der Waals surface area contributed by atoms with Crippen LogP contribution in [0.15, 0.2) is 78.9 Å². The summed E-state index contributed by atoms with van der Waals surface area (Å²) in [5, 5.41) is 2.62. The standard InChI is InChI=1S/C27H29N3O/c31-27(14-13-20-7-2-1-3-8-20)30-17-15-22(16-18-30)25-19-26(29-28-25)24-12-6-10-21-9-4-5-11-23(21)24/h1-14,22,25-26,28-29H,15-19H2/b14-13+. The minimum atomic E-state index is 0.119. The number of nitrogens with one attached hydrogen (secondary N) is 2. The van der Waals surface area contributed by atoms with Crippen molar-refractivity contribution in [2.24, 2.45) is 5.92 Å². The number of rotatable bonds is 4. The van der Waals surface area contributed by atoms with Gasteiger partial charge in [-0.05, 0) is 53.2 Å². The van der Waals surface area contributed by atoms with E-state index in [-0.39, 0.29) is 5.91 Å². The number of carbonyl (C=O) groups is 1. The van der Waals surface area contributed by atoms with Crippen molar-refractivity contribution in [3.8, 4) is 0 Å². The Hall–Kier alpha value is -2.95. The average Bonchev–Trinajstić information content (AvgIpc) is 3.33. The maximum atomic E-state index is 12.6. The second-order valence-electron chi connectivity index (χ2n) is 8.66. The van der Waals surface area contributed by atoms with Crippen molar-refractivity contribution >= 4 is 22.8 Å². The van der Waals surface area contributed by atoms with Crippen molar-refractivity contribution in [2.45, 2.75) is 31.3 Å². The highest BCUT2D eigenvalue weighted by atomic mass is 16.2. The Balaban J connectivity index is 1.17. The number of carbonyl (C=O) groups excluding carboxylic acids is 1. The number of hydrogen-bond acceptors (Lipinski definition) is 3. The summed E-state index contributed by atoms with van der Waals surface area (Å²) in [5.74, 6) is 0.711. The van der Waals surface area contributed by atoms with Crippen LogP contribution in [0.4, 0.5) is 0 Å². The third-order valence-corrected chi connectivity index (χ3v) is 6.77. The van der Waals surface area contributed by atoms with Gasteiger partial charge in [0.15, 0.2) is 0 Å². The second-order valence-corrected chi connectivity index (χ2v) is 8.66. The molecule has 2 aliphatic rings. The van der Waals surface area contributed by atoms with Crippen molar-refractivity contribution in [3.05, 3.63) is 90.0 Å². The quantitative estimate of drug-likeness (QED) is 0.612. The predicted molar refractivity (Wildman–Crippen MR) is 126 cm³/mol. The Labute approximate surface area is 183 Å². The molecule has 0 aliphatic carbocycles. The molecule has 2 heterocycles. The number of amides is 1. The van der Waals surface area contributed by atoms with Crippen LogP contribution in [0.1, 0.15) is 36.4 Å². The summed E-state index contributed by atoms with van der Waals surface area (Å²) in [6.45, 7) is 1.67. The van der Waals surface area contributed by atoms with Crippen molar-refractivity contribution in [1.29, 1.82) is 0 Å². The maximum Gasteiger partial charge on any atom is 0.246 e. The Morgan fingerprint density at radius 3 is 2.45 bits per heavy atom. The van der Waals surface area contributed by atoms with E-state index >= 15 is 0 Å². The van der Waals surface area contributed by atoms with E-state index in [1.807, 2.05) is 41.3 Å². The molecule has 2 N–H and O–H groups in total. The predicted octanol–water partition coefficient (Wildman–Crippen LogP) is 4.70. The summed E-state index contributed by atoms with van der Waals surface area (Å²) in [6.07, 6.45) is 6.80. The molecule has 0 saturated carbocycles. The van der Waals surface area contributed by atoms with Gasteiger partial charge in [0, 0.05) is 31.2 Å². The van der Waals surface area contributed by atoms with Gasteiger partial charge in [0.1, 0.15) is 0 Å². The molecule has 0 aromatic heterocycles. The van der Waals surface area contributed by atoms with Crippen LogP contribution in [0.5, 0.6) is 0 Å². The maximum absolute atomic E-state index is 12.6. The Bertz CT molecular complexity index is 1060. The molecule has 158 valence electrons. The number of nitrogens with zero attached hydrogens (tertiary/aromatic N) is 1. The van der Waals surface area contributed by atoms with Crippen LogP contribution < -0.4 is 10.9 Å². The molecule has 1 amide bonds. The zero-order valence-electron chi connectivity index (χ0n) is 17.7. The molecule has 0 bridgehead atoms. The highest BCUT2D eigenvalue weighted by molar-refractivity contribution is 5.91. The molecule has 3 aromatic carbocycles. The van der Waals surface area contributed by atoms with Gasteiger partial charge in [0.25, 0.3) is 0 Å². The first-order chi connectivity index (χ1) is 15.3. The lowest BCUT2D eigenvalue weighted by Crippen LogP contribution is -2.44. The van der Waals surface area contributed by atoms with Crippen LogP contribution in [0.2, 0.25) is 0 Å². The van der Waals surface area contributed by atoms with Crippen LogP contribution in [0.3, 0.4) is 0 Å². The SMILES string of the molecule is O=C(/C=C/c1ccccc1)N1CCC(C2CC(c3cccc4ccccc34)NN2)CC1. The summed E-state index contributed by atoms with van der Waals surface area (Å²) >= 11 is 0. The van der Waals surface area contributed by atoms with Crippen molar-refractivity contribution in [1.82, 2.24) is 15.8 Å². The van der Waals surface area contributed by atoms with Gasteiger partial charge in [0.2, 0.25) is 5.91 Å². The van der Waals surface area contributed by atoms with E-state index in [4.69, 9.17) is 0 Å². The molecular formula is C27H29N3O. The molecule has 0 spiro atoms. The summed E-state index contributed by atoms with van der Waals surface area (Å²) in [6, 6.07) is 25.9. The molecule has 4 heteroatoms. The Kier molecular flexibility index (Phi) is 5.83. The van der Waals surface area contributed by atoms with Gasteiger partial charge in [-0.15, -0.1) is 0 Å². The third-order valence-electron chi connectivity index (χ3n) is 6.77. The molecule has 2 aliphatic heterocycles. The van der Waals surface area contributed by atoms with E-state index in [1.165, 1.54) is 16.3 Å². The van der Waals surface area contributed by atoms with E-state index in [2.05, 4.69) is 53.3 Å². The van der Waals surface area contributed by atoms with Gasteiger partial charge in [-0.1, -0.05) is 72.8 Å². The highest BCUT2D eigenvalue weighted by Gasteiger charge is 2.34. The Morgan fingerprint density at radius 2 is 1.61 bits per heavy atom. The lowest BCUT2D eigenvalue weighted by Gasteiger charge is -2.34. The van der Waals surface area contributed by atoms with E-state index in [0.29, 0.717) is 18.0 Å². The van der Waals surface area contributed by atoms with Crippen LogP contribution in [-0.4, -0.2) is 29.9 Å². The van der Waals surface area contributed by atoms with Gasteiger partial charge < -0.3 is 4.90 Å². The fraction of sp³-hybridized carbons (Fsp3) is 0.296. The van der Waals surface area contributed by atoms with E-state index < -0.39 is 0 Å². The number of benzene rings is 3. The Morgan fingerprint density at radius 1 is 0.871 bits per heavy atom. The zero-order chi connectivity index (χ0) is 21.0. The lowest BCUT2D eigenvalue weighted by molar-refractivity contribution is -0.127. The van der Waals surface area contributed by atoms with E-state index in [0.717, 1.165) is 37.9 Å². The number of hydrazine groups is 1. The van der Waals surface area contributed by atoms with Crippen molar-refractivity contribution in [3.63, 3.8) is 0 Å². The van der Waals surface area contributed by atoms with Crippen molar-refractivity contribution in [2.75, 3.05) is 13.1 Å². The molecule has 4 nitrogen and oxygen atoms in total. The van der Waals surface area contributed by atoms with Crippen LogP contribution in [0, 0.1) is 5.92 Å². The smallest absolute Gasteiger partial charge is 0.246 e. The average molecular weight is 412 g/mol.